The van der Waals surface area contributed by atoms with Crippen LogP contribution in [0.25, 0.3) is 0 Å². The number of hydrogen-bond acceptors (Lipinski definition) is 4. The first-order valence-electron chi connectivity index (χ1n) is 8.05. The van der Waals surface area contributed by atoms with Gasteiger partial charge in [-0.15, -0.1) is 0 Å². The maximum Gasteiger partial charge on any atom is 0.236 e. The summed E-state index contributed by atoms with van der Waals surface area (Å²) in [4.78, 5) is 27.9. The summed E-state index contributed by atoms with van der Waals surface area (Å²) in [6, 6.07) is 0.697. The number of likely N-dealkylation sites (tertiary alicyclic amines) is 2. The number of rotatable bonds is 4. The van der Waals surface area contributed by atoms with Crippen LogP contribution in [0.3, 0.4) is 0 Å². The lowest BCUT2D eigenvalue weighted by Crippen LogP contribution is -2.54. The van der Waals surface area contributed by atoms with Crippen molar-refractivity contribution < 1.29 is 9.59 Å². The molecule has 2 aliphatic heterocycles. The molecular weight excluding hydrogens is 268 g/mol. The van der Waals surface area contributed by atoms with Crippen LogP contribution in [0, 0.1) is 5.92 Å². The third-order valence-electron chi connectivity index (χ3n) is 4.96. The topological polar surface area (TPSA) is 92.7 Å². The van der Waals surface area contributed by atoms with Crippen LogP contribution >= 0.6 is 0 Å². The molecule has 2 saturated heterocycles. The quantitative estimate of drug-likeness (QED) is 0.758. The van der Waals surface area contributed by atoms with Gasteiger partial charge in [-0.2, -0.15) is 0 Å². The van der Waals surface area contributed by atoms with E-state index in [2.05, 4.69) is 11.8 Å². The molecule has 0 aromatic rings. The third-order valence-corrected chi connectivity index (χ3v) is 4.96. The van der Waals surface area contributed by atoms with Gasteiger partial charge in [0.05, 0.1) is 12.5 Å². The molecule has 120 valence electrons. The van der Waals surface area contributed by atoms with Crippen molar-refractivity contribution in [3.63, 3.8) is 0 Å². The average Bonchev–Trinajstić information content (AvgIpc) is 2.49. The van der Waals surface area contributed by atoms with E-state index in [4.69, 9.17) is 11.5 Å². The zero-order valence-electron chi connectivity index (χ0n) is 13.0. The number of nitrogens with two attached hydrogens (primary N) is 2. The third kappa shape index (κ3) is 3.95. The van der Waals surface area contributed by atoms with Gasteiger partial charge in [0, 0.05) is 31.7 Å². The summed E-state index contributed by atoms with van der Waals surface area (Å²) in [5.74, 6) is -0.376. The molecule has 0 aromatic carbocycles. The van der Waals surface area contributed by atoms with Crippen LogP contribution in [0.1, 0.15) is 39.0 Å². The van der Waals surface area contributed by atoms with Gasteiger partial charge < -0.3 is 16.4 Å². The molecule has 6 nitrogen and oxygen atoms in total. The molecule has 0 radical (unpaired) electrons. The Hall–Kier alpha value is -1.14. The summed E-state index contributed by atoms with van der Waals surface area (Å²) in [6.45, 7) is 4.38. The maximum absolute atomic E-state index is 12.5. The van der Waals surface area contributed by atoms with Gasteiger partial charge in [-0.3, -0.25) is 14.5 Å². The van der Waals surface area contributed by atoms with E-state index in [1.54, 1.807) is 4.90 Å². The lowest BCUT2D eigenvalue weighted by Gasteiger charge is -2.41. The van der Waals surface area contributed by atoms with Crippen molar-refractivity contribution in [1.29, 1.82) is 0 Å². The van der Waals surface area contributed by atoms with Gasteiger partial charge in [0.1, 0.15) is 0 Å². The zero-order valence-corrected chi connectivity index (χ0v) is 13.0. The van der Waals surface area contributed by atoms with E-state index < -0.39 is 0 Å². The van der Waals surface area contributed by atoms with E-state index in [1.165, 1.54) is 6.42 Å². The van der Waals surface area contributed by atoms with Gasteiger partial charge >= 0.3 is 0 Å². The van der Waals surface area contributed by atoms with E-state index in [0.717, 1.165) is 32.2 Å². The summed E-state index contributed by atoms with van der Waals surface area (Å²) in [5, 5.41) is 0. The van der Waals surface area contributed by atoms with Gasteiger partial charge in [-0.1, -0.05) is 6.42 Å². The summed E-state index contributed by atoms with van der Waals surface area (Å²) in [6.07, 6.45) is 5.02. The summed E-state index contributed by atoms with van der Waals surface area (Å²) in [5.41, 5.74) is 11.2. The van der Waals surface area contributed by atoms with Gasteiger partial charge in [0.25, 0.3) is 0 Å². The van der Waals surface area contributed by atoms with E-state index in [-0.39, 0.29) is 17.7 Å². The first-order valence-corrected chi connectivity index (χ1v) is 8.05. The van der Waals surface area contributed by atoms with Crippen LogP contribution in [0.2, 0.25) is 0 Å². The fraction of sp³-hybridized carbons (Fsp3) is 0.867. The Morgan fingerprint density at radius 3 is 2.62 bits per heavy atom. The molecule has 0 bridgehead atoms. The Kier molecular flexibility index (Phi) is 5.58. The van der Waals surface area contributed by atoms with E-state index in [1.807, 2.05) is 0 Å². The Labute approximate surface area is 126 Å². The van der Waals surface area contributed by atoms with Crippen LogP contribution in [0.4, 0.5) is 0 Å². The molecule has 21 heavy (non-hydrogen) atoms. The molecule has 3 atom stereocenters. The molecule has 3 unspecified atom stereocenters. The number of amides is 2. The summed E-state index contributed by atoms with van der Waals surface area (Å²) >= 11 is 0. The molecule has 6 heteroatoms. The van der Waals surface area contributed by atoms with Crippen molar-refractivity contribution in [2.45, 2.75) is 51.1 Å². The molecule has 2 heterocycles. The molecule has 4 N–H and O–H groups in total. The monoisotopic (exact) mass is 296 g/mol. The van der Waals surface area contributed by atoms with Crippen LogP contribution < -0.4 is 11.5 Å². The minimum atomic E-state index is -0.293. The van der Waals surface area contributed by atoms with Crippen molar-refractivity contribution in [3.05, 3.63) is 0 Å². The van der Waals surface area contributed by atoms with Crippen LogP contribution in [-0.2, 0) is 9.59 Å². The predicted octanol–water partition coefficient (Wildman–Crippen LogP) is -0.0880. The Morgan fingerprint density at radius 2 is 1.95 bits per heavy atom. The first kappa shape index (κ1) is 16.2. The molecule has 0 aromatic heterocycles. The molecule has 2 amide bonds. The van der Waals surface area contributed by atoms with Crippen molar-refractivity contribution in [2.24, 2.45) is 17.4 Å². The van der Waals surface area contributed by atoms with Gasteiger partial charge in [-0.25, -0.2) is 0 Å². The number of piperidine rings is 2. The standard InChI is InChI=1S/C15H28N4O2/c1-11-4-2-6-13(8-16)19(11)10-14(20)18-7-3-5-12(9-18)15(17)21/h11-13H,2-10,16H2,1H3,(H2,17,21). The Bertz CT molecular complexity index is 388. The first-order chi connectivity index (χ1) is 10.0. The van der Waals surface area contributed by atoms with Crippen molar-refractivity contribution in [3.8, 4) is 0 Å². The van der Waals surface area contributed by atoms with E-state index in [9.17, 15) is 9.59 Å². The summed E-state index contributed by atoms with van der Waals surface area (Å²) in [7, 11) is 0. The molecule has 2 rings (SSSR count). The van der Waals surface area contributed by atoms with Crippen LogP contribution in [-0.4, -0.2) is 59.9 Å². The van der Waals surface area contributed by atoms with Crippen molar-refractivity contribution in [1.82, 2.24) is 9.80 Å². The fourth-order valence-corrected chi connectivity index (χ4v) is 3.57. The fourth-order valence-electron chi connectivity index (χ4n) is 3.57. The SMILES string of the molecule is CC1CCCC(CN)N1CC(=O)N1CCCC(C(N)=O)C1. The smallest absolute Gasteiger partial charge is 0.236 e. The minimum Gasteiger partial charge on any atom is -0.369 e. The van der Waals surface area contributed by atoms with Crippen molar-refractivity contribution in [2.75, 3.05) is 26.2 Å². The van der Waals surface area contributed by atoms with Crippen molar-refractivity contribution >= 4 is 11.8 Å². The second-order valence-corrected chi connectivity index (χ2v) is 6.42. The number of hydrogen-bond donors (Lipinski definition) is 2. The second kappa shape index (κ2) is 7.22. The Morgan fingerprint density at radius 1 is 1.19 bits per heavy atom. The van der Waals surface area contributed by atoms with Crippen LogP contribution in [0.15, 0.2) is 0 Å². The normalized spacial score (nSPS) is 31.1. The molecular formula is C15H28N4O2. The molecule has 0 aliphatic carbocycles. The number of primary amides is 1. The average molecular weight is 296 g/mol. The van der Waals surface area contributed by atoms with E-state index in [0.29, 0.717) is 31.7 Å². The number of carbonyl (C=O) groups excluding carboxylic acids is 2. The maximum atomic E-state index is 12.5. The van der Waals surface area contributed by atoms with Gasteiger partial charge in [0.2, 0.25) is 11.8 Å². The molecule has 2 fully saturated rings. The molecule has 0 saturated carbocycles. The lowest BCUT2D eigenvalue weighted by molar-refractivity contribution is -0.137. The van der Waals surface area contributed by atoms with Gasteiger partial charge in [0.15, 0.2) is 0 Å². The van der Waals surface area contributed by atoms with E-state index >= 15 is 0 Å². The second-order valence-electron chi connectivity index (χ2n) is 6.42. The number of carbonyl (C=O) groups is 2. The highest BCUT2D eigenvalue weighted by Gasteiger charge is 2.32. The zero-order chi connectivity index (χ0) is 15.4. The van der Waals surface area contributed by atoms with Crippen LogP contribution in [0.5, 0.6) is 0 Å². The molecule has 0 spiro atoms. The highest BCUT2D eigenvalue weighted by molar-refractivity contribution is 5.81. The highest BCUT2D eigenvalue weighted by Crippen LogP contribution is 2.23. The predicted molar refractivity (Wildman–Crippen MR) is 81.4 cm³/mol. The largest absolute Gasteiger partial charge is 0.369 e. The minimum absolute atomic E-state index is 0.105. The Balaban J connectivity index is 1.94. The summed E-state index contributed by atoms with van der Waals surface area (Å²) < 4.78 is 0. The lowest BCUT2D eigenvalue weighted by atomic mass is 9.95. The van der Waals surface area contributed by atoms with Gasteiger partial charge in [-0.05, 0) is 32.6 Å². The number of nitrogens with zero attached hydrogens (tertiary/aromatic N) is 2. The molecule has 2 aliphatic rings. The highest BCUT2D eigenvalue weighted by atomic mass is 16.2.